The maximum absolute atomic E-state index is 5.70. The number of rotatable bonds is 6. The average Bonchev–Trinajstić information content (AvgIpc) is 2.55. The van der Waals surface area contributed by atoms with E-state index in [-0.39, 0.29) is 6.04 Å². The van der Waals surface area contributed by atoms with Gasteiger partial charge in [0, 0.05) is 31.2 Å². The number of benzene rings is 1. The van der Waals surface area contributed by atoms with Crippen molar-refractivity contribution in [3.8, 4) is 0 Å². The van der Waals surface area contributed by atoms with E-state index in [0.29, 0.717) is 0 Å². The van der Waals surface area contributed by atoms with E-state index in [1.165, 1.54) is 5.56 Å². The smallest absolute Gasteiger partial charge is 0.173 e. The van der Waals surface area contributed by atoms with Gasteiger partial charge >= 0.3 is 0 Å². The molecule has 2 rings (SSSR count). The number of aryl methyl sites for hydroxylation is 1. The number of anilines is 1. The van der Waals surface area contributed by atoms with E-state index >= 15 is 0 Å². The Labute approximate surface area is 150 Å². The summed E-state index contributed by atoms with van der Waals surface area (Å²) >= 11 is 5.70. The molecule has 1 N–H and O–H groups in total. The Morgan fingerprint density at radius 1 is 1.21 bits per heavy atom. The van der Waals surface area contributed by atoms with Crippen LogP contribution < -0.4 is 5.32 Å². The predicted molar refractivity (Wildman–Crippen MR) is 105 cm³/mol. The molecule has 1 atom stereocenters. The number of pyridine rings is 1. The van der Waals surface area contributed by atoms with Crippen LogP contribution in [0.3, 0.4) is 0 Å². The van der Waals surface area contributed by atoms with Crippen LogP contribution in [0.2, 0.25) is 0 Å². The van der Waals surface area contributed by atoms with Crippen LogP contribution in [-0.2, 0) is 0 Å². The molecule has 0 aliphatic rings. The summed E-state index contributed by atoms with van der Waals surface area (Å²) in [6, 6.07) is 12.5. The first kappa shape index (κ1) is 18.4. The van der Waals surface area contributed by atoms with Crippen molar-refractivity contribution in [1.82, 2.24) is 14.8 Å². The van der Waals surface area contributed by atoms with E-state index in [1.54, 1.807) is 6.20 Å². The standard InChI is InChI=1S/C19H26N4S/c1-15-7-5-9-18(13-15)21-19(24)23(12-11-22(3)4)16(2)17-8-6-10-20-14-17/h5-10,13-14,16H,11-12H2,1-4H3,(H,21,24)/t16-/m1/s1. The molecule has 1 heterocycles. The van der Waals surface area contributed by atoms with E-state index in [1.807, 2.05) is 24.4 Å². The summed E-state index contributed by atoms with van der Waals surface area (Å²) in [5.41, 5.74) is 3.39. The van der Waals surface area contributed by atoms with Crippen molar-refractivity contribution >= 4 is 23.0 Å². The van der Waals surface area contributed by atoms with E-state index < -0.39 is 0 Å². The van der Waals surface area contributed by atoms with Crippen LogP contribution in [0.25, 0.3) is 0 Å². The lowest BCUT2D eigenvalue weighted by Gasteiger charge is -2.33. The number of thiocarbonyl (C=S) groups is 1. The molecule has 0 amide bonds. The normalized spacial score (nSPS) is 12.0. The number of hydrogen-bond donors (Lipinski definition) is 1. The summed E-state index contributed by atoms with van der Waals surface area (Å²) in [7, 11) is 4.15. The van der Waals surface area contributed by atoms with Crippen LogP contribution >= 0.6 is 12.2 Å². The zero-order valence-electron chi connectivity index (χ0n) is 14.9. The summed E-state index contributed by atoms with van der Waals surface area (Å²) < 4.78 is 0. The molecule has 0 spiro atoms. The molecule has 0 saturated carbocycles. The number of aromatic nitrogens is 1. The number of nitrogens with one attached hydrogen (secondary N) is 1. The van der Waals surface area contributed by atoms with Crippen molar-refractivity contribution in [2.75, 3.05) is 32.5 Å². The number of hydrogen-bond acceptors (Lipinski definition) is 3. The Morgan fingerprint density at radius 2 is 2.00 bits per heavy atom. The average molecular weight is 343 g/mol. The third-order valence-electron chi connectivity index (χ3n) is 3.95. The van der Waals surface area contributed by atoms with Crippen LogP contribution in [0.15, 0.2) is 48.8 Å². The fourth-order valence-electron chi connectivity index (χ4n) is 2.50. The fraction of sp³-hybridized carbons (Fsp3) is 0.368. The molecule has 0 aliphatic carbocycles. The highest BCUT2D eigenvalue weighted by molar-refractivity contribution is 7.80. The number of likely N-dealkylation sites (N-methyl/N-ethyl adjacent to an activating group) is 1. The summed E-state index contributed by atoms with van der Waals surface area (Å²) in [6.45, 7) is 6.02. The Bertz CT molecular complexity index is 657. The van der Waals surface area contributed by atoms with Crippen LogP contribution in [-0.4, -0.2) is 47.1 Å². The third-order valence-corrected chi connectivity index (χ3v) is 4.29. The molecule has 0 bridgehead atoms. The van der Waals surface area contributed by atoms with Crippen LogP contribution in [0.4, 0.5) is 5.69 Å². The molecule has 1 aromatic carbocycles. The topological polar surface area (TPSA) is 31.4 Å². The minimum absolute atomic E-state index is 0.156. The van der Waals surface area contributed by atoms with Crippen molar-refractivity contribution in [2.24, 2.45) is 0 Å². The highest BCUT2D eigenvalue weighted by atomic mass is 32.1. The molecule has 4 nitrogen and oxygen atoms in total. The molecular formula is C19H26N4S. The Balaban J connectivity index is 2.16. The molecule has 0 aliphatic heterocycles. The first-order valence-corrected chi connectivity index (χ1v) is 8.57. The maximum atomic E-state index is 5.70. The van der Waals surface area contributed by atoms with Gasteiger partial charge in [-0.05, 0) is 69.5 Å². The third kappa shape index (κ3) is 5.28. The van der Waals surface area contributed by atoms with Gasteiger partial charge in [-0.3, -0.25) is 4.98 Å². The minimum atomic E-state index is 0.156. The van der Waals surface area contributed by atoms with Gasteiger partial charge in [-0.1, -0.05) is 18.2 Å². The van der Waals surface area contributed by atoms with Gasteiger partial charge < -0.3 is 15.1 Å². The summed E-state index contributed by atoms with van der Waals surface area (Å²) in [6.07, 6.45) is 3.70. The molecule has 0 radical (unpaired) electrons. The van der Waals surface area contributed by atoms with E-state index in [2.05, 4.69) is 66.2 Å². The first-order chi connectivity index (χ1) is 11.5. The van der Waals surface area contributed by atoms with Crippen molar-refractivity contribution in [3.63, 3.8) is 0 Å². The molecule has 0 fully saturated rings. The van der Waals surface area contributed by atoms with Crippen molar-refractivity contribution in [1.29, 1.82) is 0 Å². The molecule has 128 valence electrons. The second-order valence-electron chi connectivity index (χ2n) is 6.26. The van der Waals surface area contributed by atoms with Crippen LogP contribution in [0, 0.1) is 6.92 Å². The monoisotopic (exact) mass is 342 g/mol. The highest BCUT2D eigenvalue weighted by Crippen LogP contribution is 2.21. The van der Waals surface area contributed by atoms with Gasteiger partial charge in [0.25, 0.3) is 0 Å². The molecule has 0 unspecified atom stereocenters. The lowest BCUT2D eigenvalue weighted by atomic mass is 10.1. The fourth-order valence-corrected chi connectivity index (χ4v) is 2.87. The van der Waals surface area contributed by atoms with Gasteiger partial charge in [0.15, 0.2) is 5.11 Å². The molecule has 5 heteroatoms. The van der Waals surface area contributed by atoms with Crippen molar-refractivity contribution in [3.05, 3.63) is 59.9 Å². The second kappa shape index (κ2) is 8.76. The summed E-state index contributed by atoms with van der Waals surface area (Å²) in [5, 5.41) is 4.11. The maximum Gasteiger partial charge on any atom is 0.173 e. The quantitative estimate of drug-likeness (QED) is 0.809. The Hall–Kier alpha value is -1.98. The SMILES string of the molecule is Cc1cccc(NC(=S)N(CCN(C)C)[C@H](C)c2cccnc2)c1. The minimum Gasteiger partial charge on any atom is -0.341 e. The largest absolute Gasteiger partial charge is 0.341 e. The van der Waals surface area contributed by atoms with Gasteiger partial charge in [-0.2, -0.15) is 0 Å². The van der Waals surface area contributed by atoms with Crippen LogP contribution in [0.1, 0.15) is 24.1 Å². The first-order valence-electron chi connectivity index (χ1n) is 8.16. The zero-order chi connectivity index (χ0) is 17.5. The van der Waals surface area contributed by atoms with Crippen molar-refractivity contribution < 1.29 is 0 Å². The van der Waals surface area contributed by atoms with Crippen molar-refractivity contribution in [2.45, 2.75) is 19.9 Å². The number of nitrogens with zero attached hydrogens (tertiary/aromatic N) is 3. The molecule has 0 saturated heterocycles. The molecule has 1 aromatic heterocycles. The zero-order valence-corrected chi connectivity index (χ0v) is 15.7. The van der Waals surface area contributed by atoms with Gasteiger partial charge in [-0.25, -0.2) is 0 Å². The highest BCUT2D eigenvalue weighted by Gasteiger charge is 2.19. The molecular weight excluding hydrogens is 316 g/mol. The van der Waals surface area contributed by atoms with Gasteiger partial charge in [0.2, 0.25) is 0 Å². The van der Waals surface area contributed by atoms with Gasteiger partial charge in [0.1, 0.15) is 0 Å². The van der Waals surface area contributed by atoms with Crippen LogP contribution in [0.5, 0.6) is 0 Å². The second-order valence-corrected chi connectivity index (χ2v) is 6.65. The summed E-state index contributed by atoms with van der Waals surface area (Å²) in [4.78, 5) is 8.62. The van der Waals surface area contributed by atoms with E-state index in [4.69, 9.17) is 12.2 Å². The predicted octanol–water partition coefficient (Wildman–Crippen LogP) is 3.71. The lowest BCUT2D eigenvalue weighted by molar-refractivity contribution is 0.289. The molecule has 2 aromatic rings. The molecule has 24 heavy (non-hydrogen) atoms. The summed E-state index contributed by atoms with van der Waals surface area (Å²) in [5.74, 6) is 0. The lowest BCUT2D eigenvalue weighted by Crippen LogP contribution is -2.40. The van der Waals surface area contributed by atoms with E-state index in [0.717, 1.165) is 29.5 Å². The Morgan fingerprint density at radius 3 is 2.62 bits per heavy atom. The van der Waals surface area contributed by atoms with E-state index in [9.17, 15) is 0 Å². The Kier molecular flexibility index (Phi) is 6.70. The van der Waals surface area contributed by atoms with Gasteiger partial charge in [-0.15, -0.1) is 0 Å². The van der Waals surface area contributed by atoms with Gasteiger partial charge in [0.05, 0.1) is 6.04 Å².